The summed E-state index contributed by atoms with van der Waals surface area (Å²) in [6.45, 7) is 26.2. The quantitative estimate of drug-likeness (QED) is 0.0763. The van der Waals surface area contributed by atoms with Crippen LogP contribution < -0.4 is 5.32 Å². The zero-order chi connectivity index (χ0) is 34.0. The smallest absolute Gasteiger partial charge is 0.312 e. The molecule has 0 aliphatic rings. The van der Waals surface area contributed by atoms with Crippen molar-refractivity contribution >= 4 is 17.7 Å². The maximum absolute atomic E-state index is 13.1. The van der Waals surface area contributed by atoms with E-state index in [9.17, 15) is 14.4 Å². The van der Waals surface area contributed by atoms with E-state index in [2.05, 4.69) is 53.8 Å². The molecule has 0 bridgehead atoms. The fourth-order valence-electron chi connectivity index (χ4n) is 5.33. The monoisotopic (exact) mass is 626 g/mol. The largest absolute Gasteiger partial charge is 0.463 e. The number of nitrogens with one attached hydrogen (secondary N) is 1. The minimum atomic E-state index is -0.959. The molecule has 0 aromatic heterocycles. The molecule has 7 heteroatoms. The van der Waals surface area contributed by atoms with E-state index in [4.69, 9.17) is 14.2 Å². The van der Waals surface area contributed by atoms with Gasteiger partial charge >= 0.3 is 5.97 Å². The average Bonchev–Trinajstić information content (AvgIpc) is 2.99. The molecule has 1 N–H and O–H groups in total. The second-order valence-corrected chi connectivity index (χ2v) is 14.6. The van der Waals surface area contributed by atoms with E-state index < -0.39 is 16.6 Å². The lowest BCUT2D eigenvalue weighted by atomic mass is 9.67. The number of carbonyl (C=O) groups excluding carboxylic acids is 3. The number of unbranched alkanes of at least 4 members (excludes halogenated alkanes) is 3. The maximum atomic E-state index is 13.1. The summed E-state index contributed by atoms with van der Waals surface area (Å²) in [5.41, 5.74) is -2.22. The highest BCUT2D eigenvalue weighted by atomic mass is 16.5. The van der Waals surface area contributed by atoms with Crippen molar-refractivity contribution in [3.8, 4) is 0 Å². The Morgan fingerprint density at radius 1 is 0.750 bits per heavy atom. The van der Waals surface area contributed by atoms with Gasteiger partial charge < -0.3 is 19.5 Å². The molecule has 4 atom stereocenters. The van der Waals surface area contributed by atoms with E-state index in [1.165, 1.54) is 12.8 Å². The first-order valence-electron chi connectivity index (χ1n) is 17.8. The number of hydrogen-bond acceptors (Lipinski definition) is 6. The molecule has 0 saturated carbocycles. The summed E-state index contributed by atoms with van der Waals surface area (Å²) in [5, 5.41) is 2.90. The fourth-order valence-corrected chi connectivity index (χ4v) is 5.33. The average molecular weight is 626 g/mol. The highest BCUT2D eigenvalue weighted by molar-refractivity contribution is 5.86. The lowest BCUT2D eigenvalue weighted by Crippen LogP contribution is -2.47. The molecule has 1 amide bonds. The van der Waals surface area contributed by atoms with Crippen molar-refractivity contribution in [3.05, 3.63) is 0 Å². The van der Waals surface area contributed by atoms with Crippen molar-refractivity contribution in [1.29, 1.82) is 0 Å². The number of ketones is 1. The molecule has 0 heterocycles. The van der Waals surface area contributed by atoms with Gasteiger partial charge in [-0.15, -0.1) is 0 Å². The van der Waals surface area contributed by atoms with Crippen molar-refractivity contribution in [2.75, 3.05) is 26.4 Å². The van der Waals surface area contributed by atoms with Crippen LogP contribution in [0.5, 0.6) is 0 Å². The molecule has 0 aromatic carbocycles. The van der Waals surface area contributed by atoms with E-state index >= 15 is 0 Å². The molecule has 0 fully saturated rings. The molecule has 0 aromatic rings. The Bertz CT molecular complexity index is 842. The maximum Gasteiger partial charge on any atom is 0.312 e. The van der Waals surface area contributed by atoms with Gasteiger partial charge in [-0.25, -0.2) is 0 Å². The summed E-state index contributed by atoms with van der Waals surface area (Å²) in [5.74, 6) is 0.412. The minimum absolute atomic E-state index is 0.0402. The van der Waals surface area contributed by atoms with Gasteiger partial charge in [0, 0.05) is 13.0 Å². The second kappa shape index (κ2) is 20.6. The first-order chi connectivity index (χ1) is 20.5. The second-order valence-electron chi connectivity index (χ2n) is 14.6. The minimum Gasteiger partial charge on any atom is -0.463 e. The molecule has 0 radical (unpaired) electrons. The van der Waals surface area contributed by atoms with Crippen molar-refractivity contribution in [3.63, 3.8) is 0 Å². The number of ether oxygens (including phenoxy) is 3. The topological polar surface area (TPSA) is 90.9 Å². The summed E-state index contributed by atoms with van der Waals surface area (Å²) < 4.78 is 17.9. The Labute approximate surface area is 271 Å². The van der Waals surface area contributed by atoms with Gasteiger partial charge in [0.25, 0.3) is 5.91 Å². The molecule has 0 spiro atoms. The zero-order valence-electron chi connectivity index (χ0n) is 30.9. The van der Waals surface area contributed by atoms with Crippen molar-refractivity contribution in [1.82, 2.24) is 5.32 Å². The van der Waals surface area contributed by atoms with E-state index in [-0.39, 0.29) is 42.1 Å². The van der Waals surface area contributed by atoms with Crippen molar-refractivity contribution in [2.24, 2.45) is 22.7 Å². The van der Waals surface area contributed by atoms with Crippen LogP contribution in [0.4, 0.5) is 0 Å². The van der Waals surface area contributed by atoms with Crippen LogP contribution in [0.3, 0.4) is 0 Å². The zero-order valence-corrected chi connectivity index (χ0v) is 30.9. The third-order valence-corrected chi connectivity index (χ3v) is 10.2. The first-order valence-corrected chi connectivity index (χ1v) is 17.8. The molecule has 260 valence electrons. The van der Waals surface area contributed by atoms with Crippen LogP contribution in [0, 0.1) is 22.7 Å². The SMILES string of the molecule is CCCCC(CC)COC(C)(CC)C(=O)CCCCCOC(C)(CC)C(=O)NCCOC(=O)C(C)(CC(C)(C)CC)C(C)C. The Kier molecular flexibility index (Phi) is 19.9. The summed E-state index contributed by atoms with van der Waals surface area (Å²) in [6, 6.07) is 0. The fraction of sp³-hybridized carbons (Fsp3) is 0.919. The number of hydrogen-bond donors (Lipinski definition) is 1. The van der Waals surface area contributed by atoms with Gasteiger partial charge in [-0.3, -0.25) is 14.4 Å². The third-order valence-electron chi connectivity index (χ3n) is 10.2. The van der Waals surface area contributed by atoms with Gasteiger partial charge in [-0.1, -0.05) is 94.4 Å². The number of Topliss-reactive ketones (excluding diaryl/α,β-unsaturated/α-hetero) is 1. The number of amides is 1. The summed E-state index contributed by atoms with van der Waals surface area (Å²) >= 11 is 0. The third kappa shape index (κ3) is 14.3. The van der Waals surface area contributed by atoms with Crippen LogP contribution in [-0.4, -0.2) is 55.2 Å². The molecule has 0 saturated heterocycles. The highest BCUT2D eigenvalue weighted by Crippen LogP contribution is 2.42. The summed E-state index contributed by atoms with van der Waals surface area (Å²) in [7, 11) is 0. The molecule has 7 nitrogen and oxygen atoms in total. The van der Waals surface area contributed by atoms with Crippen LogP contribution in [0.2, 0.25) is 0 Å². The van der Waals surface area contributed by atoms with Crippen molar-refractivity contribution in [2.45, 2.75) is 171 Å². The molecule has 0 rings (SSSR count). The van der Waals surface area contributed by atoms with Crippen LogP contribution in [0.1, 0.15) is 160 Å². The standard InChI is InChI=1S/C37H71NO6/c1-13-18-22-30(14-2)27-44-36(11,16-4)31(39)23-20-19-21-25-43-37(12,17-5)32(40)38-24-26-42-33(41)35(10,29(6)7)28-34(8,9)15-3/h29-30H,13-28H2,1-12H3,(H,38,40). The summed E-state index contributed by atoms with van der Waals surface area (Å²) in [4.78, 5) is 39.1. The number of rotatable bonds is 26. The van der Waals surface area contributed by atoms with Crippen molar-refractivity contribution < 1.29 is 28.6 Å². The predicted molar refractivity (Wildman–Crippen MR) is 182 cm³/mol. The van der Waals surface area contributed by atoms with E-state index in [1.807, 2.05) is 27.7 Å². The molecule has 0 aliphatic carbocycles. The van der Waals surface area contributed by atoms with Gasteiger partial charge in [0.2, 0.25) is 0 Å². The Morgan fingerprint density at radius 3 is 1.91 bits per heavy atom. The van der Waals surface area contributed by atoms with Gasteiger partial charge in [-0.2, -0.15) is 0 Å². The predicted octanol–water partition coefficient (Wildman–Crippen LogP) is 8.85. The van der Waals surface area contributed by atoms with E-state index in [0.29, 0.717) is 38.4 Å². The lowest BCUT2D eigenvalue weighted by molar-refractivity contribution is -0.160. The van der Waals surface area contributed by atoms with E-state index in [0.717, 1.165) is 44.9 Å². The van der Waals surface area contributed by atoms with Gasteiger partial charge in [0.15, 0.2) is 5.78 Å². The van der Waals surface area contributed by atoms with Gasteiger partial charge in [-0.05, 0) is 76.5 Å². The first kappa shape index (κ1) is 42.5. The highest BCUT2D eigenvalue weighted by Gasteiger charge is 2.42. The summed E-state index contributed by atoms with van der Waals surface area (Å²) in [6.07, 6.45) is 10.4. The Balaban J connectivity index is 4.62. The van der Waals surface area contributed by atoms with Gasteiger partial charge in [0.1, 0.15) is 17.8 Å². The van der Waals surface area contributed by atoms with Crippen LogP contribution in [0.15, 0.2) is 0 Å². The van der Waals surface area contributed by atoms with Crippen LogP contribution in [0.25, 0.3) is 0 Å². The molecule has 0 aliphatic heterocycles. The Morgan fingerprint density at radius 2 is 1.39 bits per heavy atom. The Hall–Kier alpha value is -1.47. The lowest BCUT2D eigenvalue weighted by Gasteiger charge is -2.38. The number of esters is 1. The van der Waals surface area contributed by atoms with Gasteiger partial charge in [0.05, 0.1) is 18.6 Å². The normalized spacial score (nSPS) is 16.9. The number of carbonyl (C=O) groups is 3. The van der Waals surface area contributed by atoms with Crippen LogP contribution >= 0.6 is 0 Å². The molecular weight excluding hydrogens is 554 g/mol. The molecule has 4 unspecified atom stereocenters. The molecular formula is C37H71NO6. The van der Waals surface area contributed by atoms with E-state index in [1.54, 1.807) is 6.92 Å². The molecule has 44 heavy (non-hydrogen) atoms. The van der Waals surface area contributed by atoms with Crippen LogP contribution in [-0.2, 0) is 28.6 Å².